The van der Waals surface area contributed by atoms with E-state index in [1.54, 1.807) is 0 Å². The van der Waals surface area contributed by atoms with Crippen LogP contribution >= 0.6 is 0 Å². The standard InChI is InChI=1S/C15H22N2O/c1-4-14-15(18)17(6-5-16-14)10-13-8-11(2)7-12(3)9-13/h7-9,14,16H,4-6,10H2,1-3H3. The number of amides is 1. The lowest BCUT2D eigenvalue weighted by atomic mass is 10.1. The first-order valence-electron chi connectivity index (χ1n) is 6.69. The predicted molar refractivity (Wildman–Crippen MR) is 73.4 cm³/mol. The molecule has 0 aliphatic carbocycles. The Hall–Kier alpha value is -1.35. The van der Waals surface area contributed by atoms with Gasteiger partial charge in [-0.2, -0.15) is 0 Å². The number of rotatable bonds is 3. The van der Waals surface area contributed by atoms with Gasteiger partial charge in [-0.1, -0.05) is 36.2 Å². The van der Waals surface area contributed by atoms with Gasteiger partial charge < -0.3 is 10.2 Å². The van der Waals surface area contributed by atoms with E-state index in [2.05, 4.69) is 44.3 Å². The molecule has 1 N–H and O–H groups in total. The molecule has 1 atom stereocenters. The van der Waals surface area contributed by atoms with Crippen molar-refractivity contribution in [3.8, 4) is 0 Å². The third kappa shape index (κ3) is 2.91. The molecule has 3 nitrogen and oxygen atoms in total. The maximum absolute atomic E-state index is 12.2. The largest absolute Gasteiger partial charge is 0.336 e. The number of piperazine rings is 1. The molecule has 3 heteroatoms. The number of aryl methyl sites for hydroxylation is 2. The zero-order valence-corrected chi connectivity index (χ0v) is 11.5. The van der Waals surface area contributed by atoms with Crippen molar-refractivity contribution in [1.82, 2.24) is 10.2 Å². The first kappa shape index (κ1) is 13.1. The van der Waals surface area contributed by atoms with E-state index >= 15 is 0 Å². The van der Waals surface area contributed by atoms with E-state index in [1.165, 1.54) is 16.7 Å². The molecule has 1 aromatic rings. The van der Waals surface area contributed by atoms with Crippen LogP contribution < -0.4 is 5.32 Å². The molecule has 0 spiro atoms. The van der Waals surface area contributed by atoms with Crippen LogP contribution in [0.2, 0.25) is 0 Å². The minimum absolute atomic E-state index is 0.00431. The number of nitrogens with zero attached hydrogens (tertiary/aromatic N) is 1. The lowest BCUT2D eigenvalue weighted by Crippen LogP contribution is -2.54. The summed E-state index contributed by atoms with van der Waals surface area (Å²) < 4.78 is 0. The predicted octanol–water partition coefficient (Wildman–Crippen LogP) is 2.01. The highest BCUT2D eigenvalue weighted by Gasteiger charge is 2.26. The molecule has 1 heterocycles. The summed E-state index contributed by atoms with van der Waals surface area (Å²) in [6, 6.07) is 6.51. The third-order valence-corrected chi connectivity index (χ3v) is 3.45. The number of benzene rings is 1. The molecule has 98 valence electrons. The number of nitrogens with one attached hydrogen (secondary N) is 1. The van der Waals surface area contributed by atoms with Gasteiger partial charge in [0.15, 0.2) is 0 Å². The van der Waals surface area contributed by atoms with E-state index in [9.17, 15) is 4.79 Å². The molecule has 1 fully saturated rings. The van der Waals surface area contributed by atoms with Crippen LogP contribution in [-0.2, 0) is 11.3 Å². The summed E-state index contributed by atoms with van der Waals surface area (Å²) in [5, 5.41) is 3.27. The second kappa shape index (κ2) is 5.53. The van der Waals surface area contributed by atoms with Gasteiger partial charge in [0.05, 0.1) is 6.04 Å². The lowest BCUT2D eigenvalue weighted by molar-refractivity contribution is -0.136. The van der Waals surface area contributed by atoms with Gasteiger partial charge in [-0.05, 0) is 25.8 Å². The van der Waals surface area contributed by atoms with Gasteiger partial charge in [0, 0.05) is 19.6 Å². The first-order chi connectivity index (χ1) is 8.60. The Morgan fingerprint density at radius 1 is 1.28 bits per heavy atom. The molecule has 1 aliphatic heterocycles. The van der Waals surface area contributed by atoms with Gasteiger partial charge in [-0.3, -0.25) is 4.79 Å². The van der Waals surface area contributed by atoms with Gasteiger partial charge in [0.1, 0.15) is 0 Å². The van der Waals surface area contributed by atoms with Gasteiger partial charge in [0.25, 0.3) is 0 Å². The molecule has 0 aromatic heterocycles. The monoisotopic (exact) mass is 246 g/mol. The first-order valence-corrected chi connectivity index (χ1v) is 6.69. The van der Waals surface area contributed by atoms with Crippen molar-refractivity contribution in [2.75, 3.05) is 13.1 Å². The molecule has 0 radical (unpaired) electrons. The van der Waals surface area contributed by atoms with Crippen LogP contribution in [0.15, 0.2) is 18.2 Å². The molecule has 1 unspecified atom stereocenters. The van der Waals surface area contributed by atoms with E-state index in [4.69, 9.17) is 0 Å². The fraction of sp³-hybridized carbons (Fsp3) is 0.533. The fourth-order valence-electron chi connectivity index (χ4n) is 2.65. The number of hydrogen-bond acceptors (Lipinski definition) is 2. The van der Waals surface area contributed by atoms with Crippen molar-refractivity contribution in [2.45, 2.75) is 39.8 Å². The minimum atomic E-state index is 0.00431. The van der Waals surface area contributed by atoms with Gasteiger partial charge in [0.2, 0.25) is 5.91 Å². The van der Waals surface area contributed by atoms with Crippen LogP contribution in [0.1, 0.15) is 30.0 Å². The van der Waals surface area contributed by atoms with Crippen LogP contribution in [0, 0.1) is 13.8 Å². The lowest BCUT2D eigenvalue weighted by Gasteiger charge is -2.33. The van der Waals surface area contributed by atoms with Crippen molar-refractivity contribution >= 4 is 5.91 Å². The molecular weight excluding hydrogens is 224 g/mol. The Balaban J connectivity index is 2.10. The Morgan fingerprint density at radius 2 is 1.94 bits per heavy atom. The summed E-state index contributed by atoms with van der Waals surface area (Å²) in [5.41, 5.74) is 3.76. The van der Waals surface area contributed by atoms with Crippen molar-refractivity contribution < 1.29 is 4.79 Å². The Kier molecular flexibility index (Phi) is 4.02. The smallest absolute Gasteiger partial charge is 0.240 e. The van der Waals surface area contributed by atoms with Crippen LogP contribution in [-0.4, -0.2) is 29.9 Å². The van der Waals surface area contributed by atoms with Crippen LogP contribution in [0.5, 0.6) is 0 Å². The van der Waals surface area contributed by atoms with E-state index in [0.29, 0.717) is 0 Å². The van der Waals surface area contributed by atoms with E-state index < -0.39 is 0 Å². The second-order valence-electron chi connectivity index (χ2n) is 5.17. The molecule has 18 heavy (non-hydrogen) atoms. The number of carbonyl (C=O) groups is 1. The molecule has 1 aliphatic rings. The van der Waals surface area contributed by atoms with E-state index in [1.807, 2.05) is 4.90 Å². The summed E-state index contributed by atoms with van der Waals surface area (Å²) in [4.78, 5) is 14.2. The van der Waals surface area contributed by atoms with Crippen molar-refractivity contribution in [3.63, 3.8) is 0 Å². The van der Waals surface area contributed by atoms with E-state index in [0.717, 1.165) is 26.1 Å². The number of hydrogen-bond donors (Lipinski definition) is 1. The highest BCUT2D eigenvalue weighted by atomic mass is 16.2. The summed E-state index contributed by atoms with van der Waals surface area (Å²) in [6.07, 6.45) is 0.863. The third-order valence-electron chi connectivity index (χ3n) is 3.45. The normalized spacial score (nSPS) is 20.3. The zero-order chi connectivity index (χ0) is 13.1. The maximum atomic E-state index is 12.2. The highest BCUT2D eigenvalue weighted by molar-refractivity contribution is 5.82. The average Bonchev–Trinajstić information content (AvgIpc) is 2.30. The Morgan fingerprint density at radius 3 is 2.56 bits per heavy atom. The van der Waals surface area contributed by atoms with Crippen molar-refractivity contribution in [2.24, 2.45) is 0 Å². The SMILES string of the molecule is CCC1NCCN(Cc2cc(C)cc(C)c2)C1=O. The molecule has 0 saturated carbocycles. The quantitative estimate of drug-likeness (QED) is 0.885. The van der Waals surface area contributed by atoms with E-state index in [-0.39, 0.29) is 11.9 Å². The molecule has 0 bridgehead atoms. The summed E-state index contributed by atoms with van der Waals surface area (Å²) in [5.74, 6) is 0.239. The maximum Gasteiger partial charge on any atom is 0.240 e. The Bertz CT molecular complexity index is 422. The van der Waals surface area contributed by atoms with Crippen LogP contribution in [0.25, 0.3) is 0 Å². The van der Waals surface area contributed by atoms with Gasteiger partial charge in [-0.15, -0.1) is 0 Å². The minimum Gasteiger partial charge on any atom is -0.336 e. The van der Waals surface area contributed by atoms with Crippen molar-refractivity contribution in [1.29, 1.82) is 0 Å². The van der Waals surface area contributed by atoms with Crippen LogP contribution in [0.4, 0.5) is 0 Å². The topological polar surface area (TPSA) is 32.3 Å². The average molecular weight is 246 g/mol. The summed E-state index contributed by atoms with van der Waals surface area (Å²) >= 11 is 0. The zero-order valence-electron chi connectivity index (χ0n) is 11.5. The fourth-order valence-corrected chi connectivity index (χ4v) is 2.65. The molecule has 1 saturated heterocycles. The summed E-state index contributed by atoms with van der Waals surface area (Å²) in [7, 11) is 0. The number of carbonyl (C=O) groups excluding carboxylic acids is 1. The van der Waals surface area contributed by atoms with Crippen LogP contribution in [0.3, 0.4) is 0 Å². The molecule has 1 aromatic carbocycles. The Labute approximate surface area is 109 Å². The molecular formula is C15H22N2O. The van der Waals surface area contributed by atoms with Gasteiger partial charge >= 0.3 is 0 Å². The second-order valence-corrected chi connectivity index (χ2v) is 5.17. The van der Waals surface area contributed by atoms with Crippen molar-refractivity contribution in [3.05, 3.63) is 34.9 Å². The molecule has 2 rings (SSSR count). The van der Waals surface area contributed by atoms with Gasteiger partial charge in [-0.25, -0.2) is 0 Å². The highest BCUT2D eigenvalue weighted by Crippen LogP contribution is 2.14. The molecule has 1 amide bonds. The summed E-state index contributed by atoms with van der Waals surface area (Å²) in [6.45, 7) is 8.70.